The van der Waals surface area contributed by atoms with Gasteiger partial charge in [-0.05, 0) is 39.9 Å². The average Bonchev–Trinajstić information content (AvgIpc) is 2.70. The van der Waals surface area contributed by atoms with E-state index in [1.165, 1.54) is 0 Å². The highest BCUT2D eigenvalue weighted by molar-refractivity contribution is 5.94. The first-order valence-electron chi connectivity index (χ1n) is 8.05. The van der Waals surface area contributed by atoms with Gasteiger partial charge in [-0.3, -0.25) is 14.5 Å². The van der Waals surface area contributed by atoms with Gasteiger partial charge in [0.05, 0.1) is 5.92 Å². The van der Waals surface area contributed by atoms with E-state index in [4.69, 9.17) is 0 Å². The summed E-state index contributed by atoms with van der Waals surface area (Å²) in [7, 11) is 6.01. The van der Waals surface area contributed by atoms with Crippen LogP contribution in [0.3, 0.4) is 0 Å². The van der Waals surface area contributed by atoms with E-state index in [2.05, 4.69) is 9.80 Å². The Morgan fingerprint density at radius 3 is 2.52 bits per heavy atom. The minimum atomic E-state index is -0.717. The molecule has 6 heteroatoms. The molecule has 2 rings (SSSR count). The summed E-state index contributed by atoms with van der Waals surface area (Å²) < 4.78 is 1.96. The van der Waals surface area contributed by atoms with E-state index in [0.717, 1.165) is 18.7 Å². The maximum absolute atomic E-state index is 11.5. The lowest BCUT2D eigenvalue weighted by Gasteiger charge is -2.28. The number of rotatable bonds is 5. The Morgan fingerprint density at radius 2 is 2.00 bits per heavy atom. The van der Waals surface area contributed by atoms with Gasteiger partial charge in [0.2, 0.25) is 0 Å². The molecule has 6 nitrogen and oxygen atoms in total. The topological polar surface area (TPSA) is 65.8 Å². The fraction of sp³-hybridized carbons (Fsp3) is 0.647. The molecule has 1 fully saturated rings. The zero-order valence-corrected chi connectivity index (χ0v) is 14.5. The maximum atomic E-state index is 11.5. The number of likely N-dealkylation sites (tertiary alicyclic amines) is 1. The molecule has 1 aromatic rings. The second-order valence-electron chi connectivity index (χ2n) is 6.81. The van der Waals surface area contributed by atoms with E-state index >= 15 is 0 Å². The molecule has 0 spiro atoms. The van der Waals surface area contributed by atoms with Gasteiger partial charge >= 0.3 is 5.97 Å². The smallest absolute Gasteiger partial charge is 0.307 e. The van der Waals surface area contributed by atoms with Crippen molar-refractivity contribution in [2.24, 2.45) is 13.0 Å². The zero-order valence-electron chi connectivity index (χ0n) is 14.5. The highest BCUT2D eigenvalue weighted by Crippen LogP contribution is 2.21. The van der Waals surface area contributed by atoms with Crippen molar-refractivity contribution < 1.29 is 14.7 Å². The Kier molecular flexibility index (Phi) is 5.59. The molecule has 1 N–H and O–H groups in total. The predicted octanol–water partition coefficient (Wildman–Crippen LogP) is 1.45. The summed E-state index contributed by atoms with van der Waals surface area (Å²) in [6, 6.07) is 2.26. The number of nitrogens with zero attached hydrogens (tertiary/aromatic N) is 3. The fourth-order valence-electron chi connectivity index (χ4n) is 3.20. The molecule has 0 unspecified atom stereocenters. The van der Waals surface area contributed by atoms with E-state index in [1.807, 2.05) is 38.0 Å². The number of carboxylic acids is 1. The second-order valence-corrected chi connectivity index (χ2v) is 6.81. The minimum absolute atomic E-state index is 0.0531. The van der Waals surface area contributed by atoms with Gasteiger partial charge in [-0.25, -0.2) is 0 Å². The molecule has 1 aliphatic rings. The summed E-state index contributed by atoms with van der Waals surface area (Å²) in [6.07, 6.45) is 3.44. The van der Waals surface area contributed by atoms with Crippen LogP contribution in [0.4, 0.5) is 0 Å². The lowest BCUT2D eigenvalue weighted by Crippen LogP contribution is -2.39. The Bertz CT molecular complexity index is 580. The number of likely N-dealkylation sites (N-methyl/N-ethyl adjacent to an activating group) is 1. The number of aromatic nitrogens is 1. The molecular formula is C17H27N3O3. The summed E-state index contributed by atoms with van der Waals surface area (Å²) in [5.41, 5.74) is 1.75. The van der Waals surface area contributed by atoms with Crippen LogP contribution in [0.25, 0.3) is 0 Å². The van der Waals surface area contributed by atoms with Crippen molar-refractivity contribution in [3.63, 3.8) is 0 Å². The van der Waals surface area contributed by atoms with E-state index in [-0.39, 0.29) is 11.7 Å². The van der Waals surface area contributed by atoms with Crippen molar-refractivity contribution in [2.75, 3.05) is 27.2 Å². The standard InChI is InChI=1S/C17H27N3O3/c1-12(21)14-7-16(19(4)8-14)11-20-9-13(17(22)23)5-6-15(10-20)18(2)3/h7-8,13,15H,5-6,9-11H2,1-4H3,(H,22,23)/t13-,15+/m0/s1. The molecule has 0 bridgehead atoms. The van der Waals surface area contributed by atoms with Crippen LogP contribution < -0.4 is 0 Å². The van der Waals surface area contributed by atoms with Crippen LogP contribution in [0.1, 0.15) is 35.8 Å². The highest BCUT2D eigenvalue weighted by Gasteiger charge is 2.29. The van der Waals surface area contributed by atoms with Gasteiger partial charge in [-0.2, -0.15) is 0 Å². The number of aryl methyl sites for hydroxylation is 1. The molecule has 1 aromatic heterocycles. The first-order valence-corrected chi connectivity index (χ1v) is 8.05. The van der Waals surface area contributed by atoms with Gasteiger partial charge in [-0.1, -0.05) is 0 Å². The molecule has 0 amide bonds. The van der Waals surface area contributed by atoms with Crippen LogP contribution in [-0.4, -0.2) is 64.5 Å². The van der Waals surface area contributed by atoms with Crippen LogP contribution in [0.5, 0.6) is 0 Å². The SMILES string of the molecule is CC(=O)c1cc(CN2C[C@@H](C(=O)O)CC[C@@H](N(C)C)C2)n(C)c1. The average molecular weight is 321 g/mol. The molecular weight excluding hydrogens is 294 g/mol. The summed E-state index contributed by atoms with van der Waals surface area (Å²) >= 11 is 0. The Balaban J connectivity index is 2.17. The zero-order chi connectivity index (χ0) is 17.1. The number of carbonyl (C=O) groups is 2. The summed E-state index contributed by atoms with van der Waals surface area (Å²) in [5, 5.41) is 9.41. The van der Waals surface area contributed by atoms with Gasteiger partial charge in [-0.15, -0.1) is 0 Å². The van der Waals surface area contributed by atoms with Crippen LogP contribution >= 0.6 is 0 Å². The quantitative estimate of drug-likeness (QED) is 0.832. The number of carboxylic acid groups (broad SMARTS) is 1. The predicted molar refractivity (Wildman–Crippen MR) is 88.5 cm³/mol. The Morgan fingerprint density at radius 1 is 1.30 bits per heavy atom. The molecule has 0 aliphatic carbocycles. The van der Waals surface area contributed by atoms with Gasteiger partial charge in [0.25, 0.3) is 0 Å². The first kappa shape index (κ1) is 17.7. The van der Waals surface area contributed by atoms with E-state index in [9.17, 15) is 14.7 Å². The van der Waals surface area contributed by atoms with Gasteiger partial charge in [0.15, 0.2) is 5.78 Å². The van der Waals surface area contributed by atoms with E-state index in [1.54, 1.807) is 6.92 Å². The van der Waals surface area contributed by atoms with Crippen molar-refractivity contribution >= 4 is 11.8 Å². The van der Waals surface area contributed by atoms with Crippen molar-refractivity contribution in [3.05, 3.63) is 23.5 Å². The number of hydrogen-bond acceptors (Lipinski definition) is 4. The third kappa shape index (κ3) is 4.42. The van der Waals surface area contributed by atoms with Crippen LogP contribution in [0.2, 0.25) is 0 Å². The van der Waals surface area contributed by atoms with Crippen LogP contribution in [-0.2, 0) is 18.4 Å². The molecule has 128 valence electrons. The van der Waals surface area contributed by atoms with Gasteiger partial charge in [0.1, 0.15) is 0 Å². The van der Waals surface area contributed by atoms with Gasteiger partial charge < -0.3 is 14.6 Å². The number of Topliss-reactive ketones (excluding diaryl/α,β-unsaturated/α-hetero) is 1. The van der Waals surface area contributed by atoms with Gasteiger partial charge in [0, 0.05) is 50.2 Å². The lowest BCUT2D eigenvalue weighted by molar-refractivity contribution is -0.142. The Hall–Kier alpha value is -1.66. The molecule has 0 aromatic carbocycles. The van der Waals surface area contributed by atoms with Crippen molar-refractivity contribution in [2.45, 2.75) is 32.4 Å². The van der Waals surface area contributed by atoms with Crippen LogP contribution in [0, 0.1) is 5.92 Å². The number of carbonyl (C=O) groups excluding carboxylic acids is 1. The molecule has 1 saturated heterocycles. The lowest BCUT2D eigenvalue weighted by atomic mass is 10.0. The number of hydrogen-bond donors (Lipinski definition) is 1. The minimum Gasteiger partial charge on any atom is -0.481 e. The summed E-state index contributed by atoms with van der Waals surface area (Å²) in [6.45, 7) is 3.63. The second kappa shape index (κ2) is 7.27. The normalized spacial score (nSPS) is 23.0. The Labute approximate surface area is 137 Å². The molecule has 2 heterocycles. The van der Waals surface area contributed by atoms with E-state index in [0.29, 0.717) is 31.1 Å². The monoisotopic (exact) mass is 321 g/mol. The number of aliphatic carboxylic acids is 1. The summed E-state index contributed by atoms with van der Waals surface area (Å²) in [4.78, 5) is 27.4. The highest BCUT2D eigenvalue weighted by atomic mass is 16.4. The van der Waals surface area contributed by atoms with E-state index < -0.39 is 5.97 Å². The molecule has 0 saturated carbocycles. The third-order valence-corrected chi connectivity index (χ3v) is 4.78. The molecule has 2 atom stereocenters. The molecule has 1 aliphatic heterocycles. The largest absolute Gasteiger partial charge is 0.481 e. The molecule has 23 heavy (non-hydrogen) atoms. The van der Waals surface area contributed by atoms with Crippen molar-refractivity contribution in [1.82, 2.24) is 14.4 Å². The fourth-order valence-corrected chi connectivity index (χ4v) is 3.20. The third-order valence-electron chi connectivity index (χ3n) is 4.78. The molecule has 0 radical (unpaired) electrons. The van der Waals surface area contributed by atoms with Crippen molar-refractivity contribution in [3.8, 4) is 0 Å². The number of ketones is 1. The van der Waals surface area contributed by atoms with Crippen LogP contribution in [0.15, 0.2) is 12.3 Å². The van der Waals surface area contributed by atoms with Crippen molar-refractivity contribution in [1.29, 1.82) is 0 Å². The summed E-state index contributed by atoms with van der Waals surface area (Å²) in [5.74, 6) is -0.990. The maximum Gasteiger partial charge on any atom is 0.307 e. The first-order chi connectivity index (χ1) is 10.8.